The van der Waals surface area contributed by atoms with E-state index in [1.54, 1.807) is 7.11 Å². The van der Waals surface area contributed by atoms with Crippen molar-refractivity contribution in [3.05, 3.63) is 0 Å². The summed E-state index contributed by atoms with van der Waals surface area (Å²) in [6, 6.07) is 0.213. The Kier molecular flexibility index (Phi) is 3.49. The number of carbonyl (C=O) groups is 1. The van der Waals surface area contributed by atoms with Crippen LogP contribution < -0.4 is 5.48 Å². The van der Waals surface area contributed by atoms with Gasteiger partial charge in [0.15, 0.2) is 0 Å². The lowest BCUT2D eigenvalue weighted by molar-refractivity contribution is -0.143. The first-order valence-electron chi connectivity index (χ1n) is 4.25. The Hall–Kier alpha value is -0.610. The third-order valence-corrected chi connectivity index (χ3v) is 2.31. The van der Waals surface area contributed by atoms with Crippen molar-refractivity contribution in [3.8, 4) is 0 Å². The molecule has 0 aliphatic heterocycles. The molecule has 12 heavy (non-hydrogen) atoms. The number of aliphatic carboxylic acids is 1. The topological polar surface area (TPSA) is 58.6 Å². The summed E-state index contributed by atoms with van der Waals surface area (Å²) in [6.45, 7) is 0. The molecule has 1 aliphatic carbocycles. The Morgan fingerprint density at radius 1 is 1.58 bits per heavy atom. The maximum absolute atomic E-state index is 10.6. The van der Waals surface area contributed by atoms with E-state index in [1.807, 2.05) is 0 Å². The second kappa shape index (κ2) is 4.42. The van der Waals surface area contributed by atoms with E-state index in [2.05, 4.69) is 5.48 Å². The summed E-state index contributed by atoms with van der Waals surface area (Å²) in [7, 11) is 1.56. The van der Waals surface area contributed by atoms with E-state index < -0.39 is 5.97 Å². The molecule has 2 N–H and O–H groups in total. The molecule has 0 spiro atoms. The van der Waals surface area contributed by atoms with E-state index in [4.69, 9.17) is 9.94 Å². The van der Waals surface area contributed by atoms with Crippen molar-refractivity contribution >= 4 is 5.97 Å². The van der Waals surface area contributed by atoms with Gasteiger partial charge in [0, 0.05) is 6.04 Å². The van der Waals surface area contributed by atoms with Crippen LogP contribution in [-0.4, -0.2) is 24.2 Å². The zero-order valence-electron chi connectivity index (χ0n) is 7.25. The zero-order valence-corrected chi connectivity index (χ0v) is 7.25. The van der Waals surface area contributed by atoms with Crippen LogP contribution in [0.25, 0.3) is 0 Å². The summed E-state index contributed by atoms with van der Waals surface area (Å²) in [5, 5.41) is 8.76. The van der Waals surface area contributed by atoms with Crippen molar-refractivity contribution in [3.63, 3.8) is 0 Å². The van der Waals surface area contributed by atoms with Gasteiger partial charge >= 0.3 is 5.97 Å². The quantitative estimate of drug-likeness (QED) is 0.619. The first-order chi connectivity index (χ1) is 5.74. The molecule has 1 aliphatic rings. The Labute approximate surface area is 71.9 Å². The predicted molar refractivity (Wildman–Crippen MR) is 43.5 cm³/mol. The van der Waals surface area contributed by atoms with Crippen molar-refractivity contribution in [1.82, 2.24) is 5.48 Å². The van der Waals surface area contributed by atoms with Gasteiger partial charge < -0.3 is 9.94 Å². The second-order valence-corrected chi connectivity index (χ2v) is 3.22. The molecule has 1 saturated carbocycles. The summed E-state index contributed by atoms with van der Waals surface area (Å²) < 4.78 is 0. The van der Waals surface area contributed by atoms with Gasteiger partial charge in [0.05, 0.1) is 13.0 Å². The van der Waals surface area contributed by atoms with Gasteiger partial charge in [-0.2, -0.15) is 5.48 Å². The largest absolute Gasteiger partial charge is 0.481 e. The van der Waals surface area contributed by atoms with Crippen molar-refractivity contribution in [2.24, 2.45) is 5.92 Å². The number of hydrogen-bond donors (Lipinski definition) is 2. The summed E-state index contributed by atoms with van der Waals surface area (Å²) >= 11 is 0. The highest BCUT2D eigenvalue weighted by Crippen LogP contribution is 2.24. The molecule has 0 bridgehead atoms. The van der Waals surface area contributed by atoms with E-state index in [9.17, 15) is 4.79 Å². The number of hydroxylamine groups is 1. The molecule has 0 saturated heterocycles. The number of carboxylic acids is 1. The van der Waals surface area contributed by atoms with Crippen molar-refractivity contribution < 1.29 is 14.7 Å². The number of nitrogens with one attached hydrogen (secondary N) is 1. The number of carboxylic acid groups (broad SMARTS) is 1. The number of rotatable bonds is 3. The molecule has 2 atom stereocenters. The van der Waals surface area contributed by atoms with Crippen LogP contribution in [0.2, 0.25) is 0 Å². The van der Waals surface area contributed by atoms with Crippen LogP contribution in [0.1, 0.15) is 25.7 Å². The maximum Gasteiger partial charge on any atom is 0.306 e. The molecule has 1 fully saturated rings. The van der Waals surface area contributed by atoms with Crippen molar-refractivity contribution in [2.45, 2.75) is 31.7 Å². The highest BCUT2D eigenvalue weighted by molar-refractivity contribution is 5.70. The maximum atomic E-state index is 10.6. The molecular weight excluding hydrogens is 158 g/mol. The van der Waals surface area contributed by atoms with Crippen LogP contribution in [0.3, 0.4) is 0 Å². The third-order valence-electron chi connectivity index (χ3n) is 2.31. The van der Waals surface area contributed by atoms with Crippen LogP contribution in [0, 0.1) is 5.92 Å². The fraction of sp³-hybridized carbons (Fsp3) is 0.875. The highest BCUT2D eigenvalue weighted by Gasteiger charge is 2.26. The van der Waals surface area contributed by atoms with Crippen molar-refractivity contribution in [2.75, 3.05) is 7.11 Å². The molecule has 4 nitrogen and oxygen atoms in total. The highest BCUT2D eigenvalue weighted by atomic mass is 16.6. The second-order valence-electron chi connectivity index (χ2n) is 3.22. The molecule has 2 unspecified atom stereocenters. The van der Waals surface area contributed by atoms with E-state index in [-0.39, 0.29) is 12.0 Å². The first-order valence-corrected chi connectivity index (χ1v) is 4.25. The van der Waals surface area contributed by atoms with Gasteiger partial charge in [0.2, 0.25) is 0 Å². The Balaban J connectivity index is 2.35. The van der Waals surface area contributed by atoms with Gasteiger partial charge in [-0.3, -0.25) is 4.79 Å². The monoisotopic (exact) mass is 173 g/mol. The van der Waals surface area contributed by atoms with Gasteiger partial charge in [-0.15, -0.1) is 0 Å². The molecule has 0 aromatic carbocycles. The zero-order chi connectivity index (χ0) is 8.97. The number of hydrogen-bond acceptors (Lipinski definition) is 3. The average Bonchev–Trinajstić information content (AvgIpc) is 2.05. The SMILES string of the molecule is CONC1CCCC(C(=O)O)C1. The third kappa shape index (κ3) is 2.46. The minimum atomic E-state index is -0.683. The predicted octanol–water partition coefficient (Wildman–Crippen LogP) is 0.781. The molecule has 4 heteroatoms. The van der Waals surface area contributed by atoms with E-state index in [0.29, 0.717) is 6.42 Å². The lowest BCUT2D eigenvalue weighted by Crippen LogP contribution is -2.35. The molecule has 1 rings (SSSR count). The molecule has 0 aromatic heterocycles. The summed E-state index contributed by atoms with van der Waals surface area (Å²) in [5.74, 6) is -0.871. The fourth-order valence-corrected chi connectivity index (χ4v) is 1.69. The van der Waals surface area contributed by atoms with Gasteiger partial charge in [-0.1, -0.05) is 6.42 Å². The molecule has 0 radical (unpaired) electrons. The summed E-state index contributed by atoms with van der Waals surface area (Å²) in [4.78, 5) is 15.4. The standard InChI is InChI=1S/C8H15NO3/c1-12-9-7-4-2-3-6(5-7)8(10)11/h6-7,9H,2-5H2,1H3,(H,10,11). The van der Waals surface area contributed by atoms with Gasteiger partial charge in [-0.25, -0.2) is 0 Å². The van der Waals surface area contributed by atoms with E-state index in [1.165, 1.54) is 0 Å². The lowest BCUT2D eigenvalue weighted by Gasteiger charge is -2.26. The van der Waals surface area contributed by atoms with E-state index in [0.717, 1.165) is 19.3 Å². The molecule has 0 heterocycles. The summed E-state index contributed by atoms with van der Waals surface area (Å²) in [6.07, 6.45) is 3.47. The smallest absolute Gasteiger partial charge is 0.306 e. The minimum absolute atomic E-state index is 0.189. The van der Waals surface area contributed by atoms with Crippen LogP contribution >= 0.6 is 0 Å². The molecular formula is C8H15NO3. The minimum Gasteiger partial charge on any atom is -0.481 e. The lowest BCUT2D eigenvalue weighted by atomic mass is 9.86. The first kappa shape index (κ1) is 9.48. The normalized spacial score (nSPS) is 30.1. The molecule has 0 amide bonds. The van der Waals surface area contributed by atoms with Gasteiger partial charge in [-0.05, 0) is 19.3 Å². The van der Waals surface area contributed by atoms with Crippen LogP contribution in [0.5, 0.6) is 0 Å². The average molecular weight is 173 g/mol. The molecule has 0 aromatic rings. The Bertz CT molecular complexity index is 158. The summed E-state index contributed by atoms with van der Waals surface area (Å²) in [5.41, 5.74) is 2.81. The van der Waals surface area contributed by atoms with Gasteiger partial charge in [0.1, 0.15) is 0 Å². The van der Waals surface area contributed by atoms with Crippen LogP contribution in [0.15, 0.2) is 0 Å². The van der Waals surface area contributed by atoms with Gasteiger partial charge in [0.25, 0.3) is 0 Å². The molecule has 70 valence electrons. The van der Waals surface area contributed by atoms with E-state index >= 15 is 0 Å². The Morgan fingerprint density at radius 2 is 2.33 bits per heavy atom. The van der Waals surface area contributed by atoms with Crippen LogP contribution in [0.4, 0.5) is 0 Å². The van der Waals surface area contributed by atoms with Crippen molar-refractivity contribution in [1.29, 1.82) is 0 Å². The fourth-order valence-electron chi connectivity index (χ4n) is 1.69. The van der Waals surface area contributed by atoms with Crippen LogP contribution in [-0.2, 0) is 9.63 Å². The Morgan fingerprint density at radius 3 is 2.92 bits per heavy atom.